The second kappa shape index (κ2) is 4.44. The molecule has 2 rings (SSSR count). The maximum absolute atomic E-state index is 11.9. The van der Waals surface area contributed by atoms with Crippen molar-refractivity contribution in [1.29, 1.82) is 0 Å². The van der Waals surface area contributed by atoms with Crippen LogP contribution in [0.3, 0.4) is 0 Å². The van der Waals surface area contributed by atoms with Crippen LogP contribution < -0.4 is 0 Å². The Hall–Kier alpha value is -1.43. The van der Waals surface area contributed by atoms with Crippen molar-refractivity contribution in [3.05, 3.63) is 16.1 Å². The second-order valence-electron chi connectivity index (χ2n) is 4.34. The van der Waals surface area contributed by atoms with E-state index in [1.54, 1.807) is 17.5 Å². The number of amides is 1. The molecule has 0 bridgehead atoms. The van der Waals surface area contributed by atoms with E-state index >= 15 is 0 Å². The average Bonchev–Trinajstić information content (AvgIpc) is 2.98. The molecule has 1 heterocycles. The smallest absolute Gasteiger partial charge is 0.307 e. The summed E-state index contributed by atoms with van der Waals surface area (Å²) in [6.07, 6.45) is 0.472. The van der Waals surface area contributed by atoms with Crippen LogP contribution >= 0.6 is 11.3 Å². The lowest BCUT2D eigenvalue weighted by molar-refractivity contribution is -0.141. The van der Waals surface area contributed by atoms with Gasteiger partial charge in [0.2, 0.25) is 5.91 Å². The first-order chi connectivity index (χ1) is 8.00. The van der Waals surface area contributed by atoms with Gasteiger partial charge in [-0.05, 0) is 13.3 Å². The standard InChI is InChI=1S/C11H14N2O3S/c1-6-9(17-5-12-6)4-13(2)10(14)7-3-8(7)11(15)16/h5,7-8H,3-4H2,1-2H3,(H,15,16). The van der Waals surface area contributed by atoms with E-state index < -0.39 is 11.9 Å². The van der Waals surface area contributed by atoms with Gasteiger partial charge >= 0.3 is 5.97 Å². The number of hydrogen-bond donors (Lipinski definition) is 1. The largest absolute Gasteiger partial charge is 0.481 e. The number of carboxylic acid groups (broad SMARTS) is 1. The number of aromatic nitrogens is 1. The summed E-state index contributed by atoms with van der Waals surface area (Å²) in [6, 6.07) is 0. The van der Waals surface area contributed by atoms with Crippen LogP contribution in [0.5, 0.6) is 0 Å². The fourth-order valence-electron chi connectivity index (χ4n) is 1.80. The molecule has 1 aliphatic rings. The Morgan fingerprint density at radius 3 is 2.76 bits per heavy atom. The number of aliphatic carboxylic acids is 1. The van der Waals surface area contributed by atoms with Crippen molar-refractivity contribution < 1.29 is 14.7 Å². The molecule has 0 saturated heterocycles. The minimum absolute atomic E-state index is 0.0785. The van der Waals surface area contributed by atoms with Crippen LogP contribution in [-0.4, -0.2) is 33.9 Å². The summed E-state index contributed by atoms with van der Waals surface area (Å²) in [6.45, 7) is 2.42. The third-order valence-electron chi connectivity index (χ3n) is 3.03. The van der Waals surface area contributed by atoms with Gasteiger partial charge < -0.3 is 10.0 Å². The lowest BCUT2D eigenvalue weighted by Gasteiger charge is -2.16. The van der Waals surface area contributed by atoms with Gasteiger partial charge in [0.05, 0.1) is 29.6 Å². The van der Waals surface area contributed by atoms with Gasteiger partial charge in [0, 0.05) is 11.9 Å². The summed E-state index contributed by atoms with van der Waals surface area (Å²) in [5.74, 6) is -1.76. The van der Waals surface area contributed by atoms with Gasteiger partial charge in [-0.25, -0.2) is 4.98 Å². The molecular formula is C11H14N2O3S. The van der Waals surface area contributed by atoms with E-state index in [1.165, 1.54) is 11.3 Å². The number of carboxylic acids is 1. The summed E-state index contributed by atoms with van der Waals surface area (Å²) in [7, 11) is 1.71. The normalized spacial score (nSPS) is 22.2. The van der Waals surface area contributed by atoms with Gasteiger partial charge in [0.15, 0.2) is 0 Å². The highest BCUT2D eigenvalue weighted by Gasteiger charge is 2.49. The molecule has 1 amide bonds. The van der Waals surface area contributed by atoms with E-state index in [4.69, 9.17) is 5.11 Å². The SMILES string of the molecule is Cc1ncsc1CN(C)C(=O)C1CC1C(=O)O. The van der Waals surface area contributed by atoms with Crippen LogP contribution in [0, 0.1) is 18.8 Å². The second-order valence-corrected chi connectivity index (χ2v) is 5.28. The topological polar surface area (TPSA) is 70.5 Å². The zero-order valence-electron chi connectivity index (χ0n) is 9.71. The molecule has 92 valence electrons. The highest BCUT2D eigenvalue weighted by Crippen LogP contribution is 2.40. The van der Waals surface area contributed by atoms with Crippen LogP contribution in [-0.2, 0) is 16.1 Å². The third-order valence-corrected chi connectivity index (χ3v) is 3.95. The lowest BCUT2D eigenvalue weighted by Crippen LogP contribution is -2.28. The van der Waals surface area contributed by atoms with E-state index in [2.05, 4.69) is 4.98 Å². The van der Waals surface area contributed by atoms with Crippen molar-refractivity contribution in [2.45, 2.75) is 19.9 Å². The Balaban J connectivity index is 1.93. The monoisotopic (exact) mass is 254 g/mol. The van der Waals surface area contributed by atoms with E-state index in [0.717, 1.165) is 10.6 Å². The predicted octanol–water partition coefficient (Wildman–Crippen LogP) is 1.13. The van der Waals surface area contributed by atoms with Crippen LogP contribution in [0.1, 0.15) is 17.0 Å². The maximum atomic E-state index is 11.9. The molecular weight excluding hydrogens is 240 g/mol. The van der Waals surface area contributed by atoms with E-state index in [1.807, 2.05) is 6.92 Å². The summed E-state index contributed by atoms with van der Waals surface area (Å²) >= 11 is 1.51. The zero-order valence-corrected chi connectivity index (χ0v) is 10.5. The average molecular weight is 254 g/mol. The Labute approximate surface area is 103 Å². The molecule has 1 aromatic rings. The van der Waals surface area contributed by atoms with Crippen molar-refractivity contribution in [3.63, 3.8) is 0 Å². The molecule has 1 aromatic heterocycles. The van der Waals surface area contributed by atoms with Crippen LogP contribution in [0.2, 0.25) is 0 Å². The van der Waals surface area contributed by atoms with Crippen LogP contribution in [0.4, 0.5) is 0 Å². The first-order valence-electron chi connectivity index (χ1n) is 5.37. The molecule has 2 unspecified atom stereocenters. The molecule has 6 heteroatoms. The summed E-state index contributed by atoms with van der Waals surface area (Å²) in [5.41, 5.74) is 2.68. The maximum Gasteiger partial charge on any atom is 0.307 e. The Kier molecular flexibility index (Phi) is 3.15. The van der Waals surface area contributed by atoms with E-state index in [9.17, 15) is 9.59 Å². The van der Waals surface area contributed by atoms with Crippen molar-refractivity contribution in [2.75, 3.05) is 7.05 Å². The number of hydrogen-bond acceptors (Lipinski definition) is 4. The van der Waals surface area contributed by atoms with Crippen LogP contribution in [0.25, 0.3) is 0 Å². The molecule has 0 radical (unpaired) electrons. The molecule has 0 aliphatic heterocycles. The quantitative estimate of drug-likeness (QED) is 0.874. The fourth-order valence-corrected chi connectivity index (χ4v) is 2.62. The van der Waals surface area contributed by atoms with Gasteiger partial charge in [-0.1, -0.05) is 0 Å². The van der Waals surface area contributed by atoms with Crippen molar-refractivity contribution >= 4 is 23.2 Å². The molecule has 0 spiro atoms. The molecule has 17 heavy (non-hydrogen) atoms. The number of thiazole rings is 1. The Bertz CT molecular complexity index is 457. The minimum Gasteiger partial charge on any atom is -0.481 e. The number of aryl methyl sites for hydroxylation is 1. The fraction of sp³-hybridized carbons (Fsp3) is 0.545. The molecule has 1 fully saturated rings. The Morgan fingerprint density at radius 2 is 2.29 bits per heavy atom. The van der Waals surface area contributed by atoms with Crippen molar-refractivity contribution in [2.24, 2.45) is 11.8 Å². The summed E-state index contributed by atoms with van der Waals surface area (Å²) in [5, 5.41) is 8.78. The highest BCUT2D eigenvalue weighted by molar-refractivity contribution is 7.09. The highest BCUT2D eigenvalue weighted by atomic mass is 32.1. The van der Waals surface area contributed by atoms with Gasteiger partial charge in [-0.3, -0.25) is 9.59 Å². The molecule has 5 nitrogen and oxygen atoms in total. The number of carbonyl (C=O) groups is 2. The number of carbonyl (C=O) groups excluding carboxylic acids is 1. The molecule has 1 N–H and O–H groups in total. The van der Waals surface area contributed by atoms with Gasteiger partial charge in [0.25, 0.3) is 0 Å². The van der Waals surface area contributed by atoms with Gasteiger partial charge in [-0.15, -0.1) is 11.3 Å². The molecule has 1 aliphatic carbocycles. The predicted molar refractivity (Wildman–Crippen MR) is 62.6 cm³/mol. The summed E-state index contributed by atoms with van der Waals surface area (Å²) in [4.78, 5) is 29.4. The van der Waals surface area contributed by atoms with Crippen LogP contribution in [0.15, 0.2) is 5.51 Å². The molecule has 0 aromatic carbocycles. The first-order valence-corrected chi connectivity index (χ1v) is 6.25. The number of nitrogens with zero attached hydrogens (tertiary/aromatic N) is 2. The first kappa shape index (κ1) is 12.0. The minimum atomic E-state index is -0.870. The molecule has 1 saturated carbocycles. The van der Waals surface area contributed by atoms with Gasteiger partial charge in [-0.2, -0.15) is 0 Å². The lowest BCUT2D eigenvalue weighted by atomic mass is 10.2. The van der Waals surface area contributed by atoms with Crippen molar-refractivity contribution in [1.82, 2.24) is 9.88 Å². The van der Waals surface area contributed by atoms with Crippen molar-refractivity contribution in [3.8, 4) is 0 Å². The van der Waals surface area contributed by atoms with E-state index in [0.29, 0.717) is 13.0 Å². The number of rotatable bonds is 4. The van der Waals surface area contributed by atoms with Gasteiger partial charge in [0.1, 0.15) is 0 Å². The Morgan fingerprint density at radius 1 is 1.59 bits per heavy atom. The zero-order chi connectivity index (χ0) is 12.6. The third kappa shape index (κ3) is 2.46. The summed E-state index contributed by atoms with van der Waals surface area (Å²) < 4.78 is 0. The van der Waals surface area contributed by atoms with E-state index in [-0.39, 0.29) is 11.8 Å². The molecule has 2 atom stereocenters.